The molecule has 2 fully saturated rings. The van der Waals surface area contributed by atoms with Gasteiger partial charge in [0.05, 0.1) is 0 Å². The zero-order valence-corrected chi connectivity index (χ0v) is 13.0. The molecule has 2 N–H and O–H groups in total. The Morgan fingerprint density at radius 3 is 2.83 bits per heavy atom. The maximum absolute atomic E-state index is 12.0. The molecular weight excluding hydrogens is 290 g/mol. The molecule has 0 unspecified atom stereocenters. The van der Waals surface area contributed by atoms with Gasteiger partial charge in [-0.05, 0) is 37.8 Å². The molecule has 3 heterocycles. The van der Waals surface area contributed by atoms with Crippen molar-refractivity contribution in [2.75, 3.05) is 18.0 Å². The summed E-state index contributed by atoms with van der Waals surface area (Å²) in [5.41, 5.74) is 1.72. The zero-order valence-electron chi connectivity index (χ0n) is 13.0. The van der Waals surface area contributed by atoms with E-state index in [4.69, 9.17) is 0 Å². The lowest BCUT2D eigenvalue weighted by molar-refractivity contribution is 0.0903. The summed E-state index contributed by atoms with van der Waals surface area (Å²) < 4.78 is 0. The minimum Gasteiger partial charge on any atom is -0.357 e. The number of nitrogens with zero attached hydrogens (tertiary/aromatic N) is 3. The predicted octanol–water partition coefficient (Wildman–Crippen LogP) is 2.08. The third-order valence-corrected chi connectivity index (χ3v) is 4.84. The molecule has 120 valence electrons. The van der Waals surface area contributed by atoms with Gasteiger partial charge in [-0.25, -0.2) is 9.97 Å². The molecule has 2 aliphatic rings. The van der Waals surface area contributed by atoms with Crippen LogP contribution in [0.5, 0.6) is 0 Å². The van der Waals surface area contributed by atoms with Gasteiger partial charge in [0.15, 0.2) is 0 Å². The van der Waals surface area contributed by atoms with E-state index in [-0.39, 0.29) is 11.9 Å². The van der Waals surface area contributed by atoms with E-state index >= 15 is 0 Å². The first-order valence-electron chi connectivity index (χ1n) is 8.31. The normalized spacial score (nSPS) is 23.6. The summed E-state index contributed by atoms with van der Waals surface area (Å²) in [6.45, 7) is 2.19. The van der Waals surface area contributed by atoms with Crippen LogP contribution in [0.3, 0.4) is 0 Å². The van der Waals surface area contributed by atoms with E-state index < -0.39 is 0 Å². The van der Waals surface area contributed by atoms with Crippen molar-refractivity contribution in [3.8, 4) is 0 Å². The average molecular weight is 311 g/mol. The van der Waals surface area contributed by atoms with E-state index in [0.29, 0.717) is 11.6 Å². The van der Waals surface area contributed by atoms with E-state index in [0.717, 1.165) is 37.4 Å². The quantitative estimate of drug-likeness (QED) is 0.906. The Morgan fingerprint density at radius 1 is 1.26 bits per heavy atom. The molecule has 6 heteroatoms. The SMILES string of the molecule is O=C(NC1CC(c2cc(N3CCCC3)ncn2)C1)c1ccc[nH]1. The van der Waals surface area contributed by atoms with Crippen LogP contribution in [-0.4, -0.2) is 40.0 Å². The lowest BCUT2D eigenvalue weighted by Gasteiger charge is -2.35. The fourth-order valence-corrected chi connectivity index (χ4v) is 3.42. The molecule has 0 spiro atoms. The van der Waals surface area contributed by atoms with Crippen LogP contribution in [0.15, 0.2) is 30.7 Å². The van der Waals surface area contributed by atoms with Gasteiger partial charge in [-0.2, -0.15) is 0 Å². The molecule has 0 atom stereocenters. The first kappa shape index (κ1) is 14.2. The van der Waals surface area contributed by atoms with Crippen molar-refractivity contribution in [3.63, 3.8) is 0 Å². The number of aromatic amines is 1. The lowest BCUT2D eigenvalue weighted by atomic mass is 9.78. The zero-order chi connectivity index (χ0) is 15.6. The summed E-state index contributed by atoms with van der Waals surface area (Å²) in [6, 6.07) is 5.98. The number of anilines is 1. The number of nitrogens with one attached hydrogen (secondary N) is 2. The van der Waals surface area contributed by atoms with Crippen LogP contribution < -0.4 is 10.2 Å². The van der Waals surface area contributed by atoms with Crippen molar-refractivity contribution in [1.82, 2.24) is 20.3 Å². The molecule has 2 aromatic rings. The minimum atomic E-state index is -0.0288. The second-order valence-corrected chi connectivity index (χ2v) is 6.42. The number of carbonyl (C=O) groups is 1. The monoisotopic (exact) mass is 311 g/mol. The van der Waals surface area contributed by atoms with Gasteiger partial charge >= 0.3 is 0 Å². The summed E-state index contributed by atoms with van der Waals surface area (Å²) in [5.74, 6) is 1.44. The number of hydrogen-bond donors (Lipinski definition) is 2. The summed E-state index contributed by atoms with van der Waals surface area (Å²) in [5, 5.41) is 3.06. The highest BCUT2D eigenvalue weighted by Crippen LogP contribution is 2.36. The maximum Gasteiger partial charge on any atom is 0.267 e. The molecule has 2 aromatic heterocycles. The van der Waals surface area contributed by atoms with Crippen LogP contribution >= 0.6 is 0 Å². The largest absolute Gasteiger partial charge is 0.357 e. The van der Waals surface area contributed by atoms with Crippen molar-refractivity contribution >= 4 is 11.7 Å². The van der Waals surface area contributed by atoms with Gasteiger partial charge in [0.1, 0.15) is 17.8 Å². The molecule has 0 bridgehead atoms. The van der Waals surface area contributed by atoms with E-state index in [1.807, 2.05) is 6.07 Å². The average Bonchev–Trinajstić information content (AvgIpc) is 3.23. The maximum atomic E-state index is 12.0. The molecule has 1 aliphatic heterocycles. The Hall–Kier alpha value is -2.37. The third kappa shape index (κ3) is 2.93. The molecule has 1 saturated heterocycles. The van der Waals surface area contributed by atoms with Crippen LogP contribution in [0.4, 0.5) is 5.82 Å². The number of hydrogen-bond acceptors (Lipinski definition) is 4. The Morgan fingerprint density at radius 2 is 2.09 bits per heavy atom. The van der Waals surface area contributed by atoms with Gasteiger partial charge in [0, 0.05) is 43.0 Å². The molecule has 4 rings (SSSR count). The summed E-state index contributed by atoms with van der Waals surface area (Å²) in [4.78, 5) is 26.1. The number of amides is 1. The lowest BCUT2D eigenvalue weighted by Crippen LogP contribution is -2.43. The van der Waals surface area contributed by atoms with E-state index in [9.17, 15) is 4.79 Å². The highest BCUT2D eigenvalue weighted by molar-refractivity contribution is 5.92. The Kier molecular flexibility index (Phi) is 3.73. The topological polar surface area (TPSA) is 73.9 Å². The molecule has 1 amide bonds. The second kappa shape index (κ2) is 6.02. The number of aromatic nitrogens is 3. The number of carbonyl (C=O) groups excluding carboxylic acids is 1. The van der Waals surface area contributed by atoms with Crippen molar-refractivity contribution in [1.29, 1.82) is 0 Å². The Labute approximate surface area is 135 Å². The van der Waals surface area contributed by atoms with Crippen LogP contribution in [-0.2, 0) is 0 Å². The van der Waals surface area contributed by atoms with Crippen LogP contribution in [0, 0.1) is 0 Å². The number of rotatable bonds is 4. The Balaban J connectivity index is 1.34. The first-order chi connectivity index (χ1) is 11.3. The van der Waals surface area contributed by atoms with Crippen molar-refractivity contribution in [3.05, 3.63) is 42.1 Å². The van der Waals surface area contributed by atoms with E-state index in [1.165, 1.54) is 12.8 Å². The second-order valence-electron chi connectivity index (χ2n) is 6.42. The summed E-state index contributed by atoms with van der Waals surface area (Å²) in [7, 11) is 0. The molecule has 0 radical (unpaired) electrons. The van der Waals surface area contributed by atoms with Gasteiger partial charge in [-0.3, -0.25) is 4.79 Å². The Bertz CT molecular complexity index is 672. The predicted molar refractivity (Wildman–Crippen MR) is 87.5 cm³/mol. The van der Waals surface area contributed by atoms with Crippen LogP contribution in [0.1, 0.15) is 47.8 Å². The molecule has 0 aromatic carbocycles. The molecule has 1 saturated carbocycles. The molecular formula is C17H21N5O. The van der Waals surface area contributed by atoms with Crippen molar-refractivity contribution < 1.29 is 4.79 Å². The first-order valence-corrected chi connectivity index (χ1v) is 8.31. The van der Waals surface area contributed by atoms with Gasteiger partial charge in [-0.1, -0.05) is 0 Å². The van der Waals surface area contributed by atoms with Crippen molar-refractivity contribution in [2.45, 2.75) is 37.6 Å². The van der Waals surface area contributed by atoms with Crippen LogP contribution in [0.25, 0.3) is 0 Å². The van der Waals surface area contributed by atoms with Gasteiger partial charge in [0.2, 0.25) is 0 Å². The minimum absolute atomic E-state index is 0.0288. The molecule has 23 heavy (non-hydrogen) atoms. The molecule has 6 nitrogen and oxygen atoms in total. The van der Waals surface area contributed by atoms with Gasteiger partial charge in [0.25, 0.3) is 5.91 Å². The van der Waals surface area contributed by atoms with Crippen molar-refractivity contribution in [2.24, 2.45) is 0 Å². The van der Waals surface area contributed by atoms with Gasteiger partial charge < -0.3 is 15.2 Å². The van der Waals surface area contributed by atoms with Gasteiger partial charge in [-0.15, -0.1) is 0 Å². The number of H-pyrrole nitrogens is 1. The van der Waals surface area contributed by atoms with E-state index in [1.54, 1.807) is 18.6 Å². The smallest absolute Gasteiger partial charge is 0.267 e. The molecule has 1 aliphatic carbocycles. The van der Waals surface area contributed by atoms with Crippen LogP contribution in [0.2, 0.25) is 0 Å². The standard InChI is InChI=1S/C17H21N5O/c23-17(14-4-3-5-18-14)21-13-8-12(9-13)15-10-16(20-11-19-15)22-6-1-2-7-22/h3-5,10-13,18H,1-2,6-9H2,(H,21,23). The fraction of sp³-hybridized carbons (Fsp3) is 0.471. The summed E-state index contributed by atoms with van der Waals surface area (Å²) >= 11 is 0. The third-order valence-electron chi connectivity index (χ3n) is 4.84. The summed E-state index contributed by atoms with van der Waals surface area (Å²) in [6.07, 6.45) is 7.82. The van der Waals surface area contributed by atoms with E-state index in [2.05, 4.69) is 31.2 Å². The highest BCUT2D eigenvalue weighted by atomic mass is 16.1. The highest BCUT2D eigenvalue weighted by Gasteiger charge is 2.33. The fourth-order valence-electron chi connectivity index (χ4n) is 3.42.